The van der Waals surface area contributed by atoms with E-state index in [4.69, 9.17) is 5.11 Å². The second-order valence-electron chi connectivity index (χ2n) is 4.84. The Morgan fingerprint density at radius 2 is 2.21 bits per heavy atom. The van der Waals surface area contributed by atoms with Crippen LogP contribution in [-0.4, -0.2) is 52.1 Å². The van der Waals surface area contributed by atoms with E-state index < -0.39 is 5.97 Å². The van der Waals surface area contributed by atoms with Crippen LogP contribution in [0.2, 0.25) is 0 Å². The van der Waals surface area contributed by atoms with Crippen molar-refractivity contribution in [3.05, 3.63) is 29.1 Å². The maximum absolute atomic E-state index is 11.1. The first kappa shape index (κ1) is 12.9. The number of hydrogen-bond acceptors (Lipinski definition) is 5. The predicted octanol–water partition coefficient (Wildman–Crippen LogP) is 0.973. The zero-order valence-corrected chi connectivity index (χ0v) is 11.4. The average molecular weight is 279 g/mol. The summed E-state index contributed by atoms with van der Waals surface area (Å²) in [6.07, 6.45) is 0. The van der Waals surface area contributed by atoms with Gasteiger partial charge in [0.1, 0.15) is 5.69 Å². The highest BCUT2D eigenvalue weighted by Crippen LogP contribution is 2.28. The molecule has 2 aliphatic rings. The fourth-order valence-electron chi connectivity index (χ4n) is 2.69. The number of aromatic nitrogens is 1. The first-order chi connectivity index (χ1) is 9.25. The molecule has 3 heterocycles. The third kappa shape index (κ3) is 2.61. The summed E-state index contributed by atoms with van der Waals surface area (Å²) in [5.74, 6) is 1.34. The quantitative estimate of drug-likeness (QED) is 0.841. The molecule has 1 unspecified atom stereocenters. The molecule has 6 heteroatoms. The highest BCUT2D eigenvalue weighted by atomic mass is 32.2. The molecule has 19 heavy (non-hydrogen) atoms. The lowest BCUT2D eigenvalue weighted by Gasteiger charge is -2.37. The number of hydrogen-bond donors (Lipinski definition) is 2. The lowest BCUT2D eigenvalue weighted by molar-refractivity contribution is 0.0689. The number of thioether (sulfide) groups is 1. The van der Waals surface area contributed by atoms with E-state index in [1.165, 1.54) is 0 Å². The van der Waals surface area contributed by atoms with E-state index in [1.807, 2.05) is 17.8 Å². The molecule has 0 aromatic carbocycles. The lowest BCUT2D eigenvalue weighted by atomic mass is 10.0. The highest BCUT2D eigenvalue weighted by molar-refractivity contribution is 7.99. The summed E-state index contributed by atoms with van der Waals surface area (Å²) >= 11 is 1.98. The van der Waals surface area contributed by atoms with Crippen molar-refractivity contribution in [1.29, 1.82) is 0 Å². The van der Waals surface area contributed by atoms with Gasteiger partial charge in [-0.05, 0) is 11.6 Å². The van der Waals surface area contributed by atoms with Crippen molar-refractivity contribution < 1.29 is 9.90 Å². The third-order valence-corrected chi connectivity index (χ3v) is 4.63. The summed E-state index contributed by atoms with van der Waals surface area (Å²) in [5.41, 5.74) is 2.22. The van der Waals surface area contributed by atoms with Gasteiger partial charge in [-0.15, -0.1) is 0 Å². The molecular formula is C13H17N3O2S. The van der Waals surface area contributed by atoms with Crippen molar-refractivity contribution in [2.75, 3.05) is 31.1 Å². The molecule has 0 saturated carbocycles. The van der Waals surface area contributed by atoms with E-state index in [0.29, 0.717) is 0 Å². The Bertz CT molecular complexity index is 489. The summed E-state index contributed by atoms with van der Waals surface area (Å²) in [6.45, 7) is 3.74. The standard InChI is InChI=1S/C13H17N3O2S/c17-13(18)10-2-1-9-7-14-8-11(12(9)15-10)16-3-5-19-6-4-16/h1-2,11,14H,3-8H2,(H,17,18). The summed E-state index contributed by atoms with van der Waals surface area (Å²) in [4.78, 5) is 17.9. The number of fused-ring (bicyclic) bond motifs is 1. The van der Waals surface area contributed by atoms with Crippen molar-refractivity contribution in [3.8, 4) is 0 Å². The topological polar surface area (TPSA) is 65.5 Å². The molecule has 0 spiro atoms. The molecule has 0 aliphatic carbocycles. The van der Waals surface area contributed by atoms with E-state index >= 15 is 0 Å². The fraction of sp³-hybridized carbons (Fsp3) is 0.538. The van der Waals surface area contributed by atoms with Crippen molar-refractivity contribution in [3.63, 3.8) is 0 Å². The van der Waals surface area contributed by atoms with Gasteiger partial charge in [-0.25, -0.2) is 9.78 Å². The van der Waals surface area contributed by atoms with E-state index in [0.717, 1.165) is 48.9 Å². The maximum atomic E-state index is 11.1. The number of nitrogens with one attached hydrogen (secondary N) is 1. The molecule has 102 valence electrons. The number of carboxylic acids is 1. The van der Waals surface area contributed by atoms with E-state index in [2.05, 4.69) is 15.2 Å². The van der Waals surface area contributed by atoms with Gasteiger partial charge >= 0.3 is 5.97 Å². The molecule has 5 nitrogen and oxygen atoms in total. The predicted molar refractivity (Wildman–Crippen MR) is 74.5 cm³/mol. The summed E-state index contributed by atoms with van der Waals surface area (Å²) in [6, 6.07) is 3.70. The van der Waals surface area contributed by atoms with E-state index in [-0.39, 0.29) is 11.7 Å². The SMILES string of the molecule is O=C(O)c1ccc2c(n1)C(N1CCSCC1)CNC2. The summed E-state index contributed by atoms with van der Waals surface area (Å²) < 4.78 is 0. The molecule has 3 rings (SSSR count). The van der Waals surface area contributed by atoms with Gasteiger partial charge in [0, 0.05) is 37.7 Å². The monoisotopic (exact) mass is 279 g/mol. The molecular weight excluding hydrogens is 262 g/mol. The fourth-order valence-corrected chi connectivity index (χ4v) is 3.62. The maximum Gasteiger partial charge on any atom is 0.354 e. The highest BCUT2D eigenvalue weighted by Gasteiger charge is 2.28. The minimum atomic E-state index is -0.950. The van der Waals surface area contributed by atoms with Gasteiger partial charge in [-0.3, -0.25) is 4.90 Å². The molecule has 2 N–H and O–H groups in total. The molecule has 1 aromatic rings. The van der Waals surface area contributed by atoms with Crippen molar-refractivity contribution in [2.45, 2.75) is 12.6 Å². The Morgan fingerprint density at radius 1 is 1.42 bits per heavy atom. The summed E-state index contributed by atoms with van der Waals surface area (Å²) in [7, 11) is 0. The van der Waals surface area contributed by atoms with Crippen molar-refractivity contribution in [2.24, 2.45) is 0 Å². The number of aromatic carboxylic acids is 1. The molecule has 1 aromatic heterocycles. The molecule has 2 aliphatic heterocycles. The van der Waals surface area contributed by atoms with E-state index in [9.17, 15) is 4.79 Å². The van der Waals surface area contributed by atoms with Crippen LogP contribution >= 0.6 is 11.8 Å². The van der Waals surface area contributed by atoms with Crippen molar-refractivity contribution in [1.82, 2.24) is 15.2 Å². The minimum Gasteiger partial charge on any atom is -0.477 e. The van der Waals surface area contributed by atoms with Crippen LogP contribution in [0.3, 0.4) is 0 Å². The Balaban J connectivity index is 1.92. The summed E-state index contributed by atoms with van der Waals surface area (Å²) in [5, 5.41) is 12.5. The number of pyridine rings is 1. The van der Waals surface area contributed by atoms with Crippen LogP contribution in [0.5, 0.6) is 0 Å². The first-order valence-electron chi connectivity index (χ1n) is 6.51. The number of carboxylic acid groups (broad SMARTS) is 1. The lowest BCUT2D eigenvalue weighted by Crippen LogP contribution is -2.44. The number of carbonyl (C=O) groups is 1. The number of nitrogens with zero attached hydrogens (tertiary/aromatic N) is 2. The van der Waals surface area contributed by atoms with Gasteiger partial charge < -0.3 is 10.4 Å². The van der Waals surface area contributed by atoms with Crippen LogP contribution in [-0.2, 0) is 6.54 Å². The molecule has 0 amide bonds. The van der Waals surface area contributed by atoms with Gasteiger partial charge in [0.15, 0.2) is 0 Å². The molecule has 0 radical (unpaired) electrons. The largest absolute Gasteiger partial charge is 0.477 e. The number of rotatable bonds is 2. The second-order valence-corrected chi connectivity index (χ2v) is 6.07. The molecule has 1 atom stereocenters. The molecule has 1 saturated heterocycles. The zero-order valence-electron chi connectivity index (χ0n) is 10.6. The molecule has 0 bridgehead atoms. The van der Waals surface area contributed by atoms with Crippen molar-refractivity contribution >= 4 is 17.7 Å². The Hall–Kier alpha value is -1.11. The Morgan fingerprint density at radius 3 is 2.95 bits per heavy atom. The normalized spacial score (nSPS) is 23.9. The third-order valence-electron chi connectivity index (χ3n) is 3.69. The molecule has 1 fully saturated rings. The van der Waals surface area contributed by atoms with Gasteiger partial charge in [0.2, 0.25) is 0 Å². The zero-order chi connectivity index (χ0) is 13.2. The van der Waals surface area contributed by atoms with Crippen LogP contribution in [0, 0.1) is 0 Å². The Kier molecular flexibility index (Phi) is 3.72. The van der Waals surface area contributed by atoms with Gasteiger partial charge in [-0.1, -0.05) is 6.07 Å². The van der Waals surface area contributed by atoms with E-state index in [1.54, 1.807) is 6.07 Å². The first-order valence-corrected chi connectivity index (χ1v) is 7.67. The smallest absolute Gasteiger partial charge is 0.354 e. The van der Waals surface area contributed by atoms with Gasteiger partial charge in [0.25, 0.3) is 0 Å². The van der Waals surface area contributed by atoms with Crippen LogP contribution in [0.1, 0.15) is 27.8 Å². The second kappa shape index (κ2) is 5.48. The van der Waals surface area contributed by atoms with Crippen LogP contribution in [0.25, 0.3) is 0 Å². The Labute approximate surface area is 116 Å². The minimum absolute atomic E-state index is 0.150. The average Bonchev–Trinajstić information content (AvgIpc) is 2.47. The van der Waals surface area contributed by atoms with Crippen LogP contribution < -0.4 is 5.32 Å². The van der Waals surface area contributed by atoms with Gasteiger partial charge in [-0.2, -0.15) is 11.8 Å². The van der Waals surface area contributed by atoms with Crippen LogP contribution in [0.4, 0.5) is 0 Å². The van der Waals surface area contributed by atoms with Crippen LogP contribution in [0.15, 0.2) is 12.1 Å². The van der Waals surface area contributed by atoms with Gasteiger partial charge in [0.05, 0.1) is 11.7 Å².